The lowest BCUT2D eigenvalue weighted by Crippen LogP contribution is -2.04. The summed E-state index contributed by atoms with van der Waals surface area (Å²) in [7, 11) is 0. The van der Waals surface area contributed by atoms with Crippen molar-refractivity contribution in [1.82, 2.24) is 25.0 Å². The molecule has 2 heterocycles. The molecule has 6 heteroatoms. The van der Waals surface area contributed by atoms with E-state index in [4.69, 9.17) is 5.11 Å². The van der Waals surface area contributed by atoms with E-state index in [1.807, 2.05) is 6.20 Å². The molecule has 2 aromatic heterocycles. The first-order valence-electron chi connectivity index (χ1n) is 5.14. The maximum absolute atomic E-state index is 8.69. The van der Waals surface area contributed by atoms with Crippen molar-refractivity contribution in [2.24, 2.45) is 0 Å². The molecule has 0 spiro atoms. The molecule has 0 aliphatic carbocycles. The fraction of sp³-hybridized carbons (Fsp3) is 0.400. The van der Waals surface area contributed by atoms with Gasteiger partial charge in [-0.2, -0.15) is 0 Å². The molecule has 0 fully saturated rings. The maximum Gasteiger partial charge on any atom is 0.149 e. The Morgan fingerprint density at radius 2 is 2.06 bits per heavy atom. The van der Waals surface area contributed by atoms with Crippen LogP contribution < -0.4 is 0 Å². The van der Waals surface area contributed by atoms with Gasteiger partial charge in [-0.1, -0.05) is 5.21 Å². The number of nitrogens with zero attached hydrogens (tertiary/aromatic N) is 5. The van der Waals surface area contributed by atoms with Gasteiger partial charge in [-0.05, 0) is 18.9 Å². The van der Waals surface area contributed by atoms with Crippen LogP contribution in [0.1, 0.15) is 17.9 Å². The smallest absolute Gasteiger partial charge is 0.149 e. The Balaban J connectivity index is 1.97. The molecule has 0 aliphatic heterocycles. The Morgan fingerprint density at radius 3 is 2.81 bits per heavy atom. The summed E-state index contributed by atoms with van der Waals surface area (Å²) in [5, 5.41) is 16.7. The van der Waals surface area contributed by atoms with Gasteiger partial charge in [-0.25, -0.2) is 14.6 Å². The molecular weight excluding hydrogens is 206 g/mol. The maximum atomic E-state index is 8.69. The van der Waals surface area contributed by atoms with Gasteiger partial charge in [0.05, 0.1) is 5.69 Å². The van der Waals surface area contributed by atoms with E-state index < -0.39 is 0 Å². The van der Waals surface area contributed by atoms with E-state index in [0.717, 1.165) is 12.1 Å². The van der Waals surface area contributed by atoms with Crippen LogP contribution in [0.2, 0.25) is 0 Å². The van der Waals surface area contributed by atoms with Crippen LogP contribution in [0.25, 0.3) is 0 Å². The second-order valence-corrected chi connectivity index (χ2v) is 3.40. The summed E-state index contributed by atoms with van der Waals surface area (Å²) in [5.41, 5.74) is 0.880. The fourth-order valence-corrected chi connectivity index (χ4v) is 1.35. The summed E-state index contributed by atoms with van der Waals surface area (Å²) >= 11 is 0. The minimum Gasteiger partial charge on any atom is -0.396 e. The van der Waals surface area contributed by atoms with Crippen LogP contribution in [-0.4, -0.2) is 36.7 Å². The molecular formula is C10H13N5O. The van der Waals surface area contributed by atoms with Crippen LogP contribution in [0, 0.1) is 0 Å². The normalized spacial score (nSPS) is 10.6. The average molecular weight is 219 g/mol. The van der Waals surface area contributed by atoms with Gasteiger partial charge < -0.3 is 5.11 Å². The van der Waals surface area contributed by atoms with Crippen molar-refractivity contribution in [3.8, 4) is 0 Å². The molecule has 0 unspecified atom stereocenters. The summed E-state index contributed by atoms with van der Waals surface area (Å²) in [6.07, 6.45) is 6.70. The number of aliphatic hydroxyl groups is 1. The van der Waals surface area contributed by atoms with Crippen LogP contribution in [0.5, 0.6) is 0 Å². The molecule has 84 valence electrons. The third kappa shape index (κ3) is 2.83. The zero-order valence-corrected chi connectivity index (χ0v) is 8.82. The molecule has 0 bridgehead atoms. The molecule has 0 radical (unpaired) electrons. The number of aromatic nitrogens is 5. The van der Waals surface area contributed by atoms with Crippen molar-refractivity contribution in [2.45, 2.75) is 19.4 Å². The Labute approximate surface area is 93.0 Å². The zero-order valence-electron chi connectivity index (χ0n) is 8.82. The first-order chi connectivity index (χ1) is 7.88. The molecule has 0 saturated heterocycles. The summed E-state index contributed by atoms with van der Waals surface area (Å²) in [6.45, 7) is 0.696. The third-order valence-corrected chi connectivity index (χ3v) is 2.10. The van der Waals surface area contributed by atoms with E-state index >= 15 is 0 Å². The highest BCUT2D eigenvalue weighted by Crippen LogP contribution is 1.99. The van der Waals surface area contributed by atoms with E-state index in [0.29, 0.717) is 18.8 Å². The van der Waals surface area contributed by atoms with Gasteiger partial charge >= 0.3 is 0 Å². The van der Waals surface area contributed by atoms with Crippen LogP contribution in [0.3, 0.4) is 0 Å². The molecule has 2 rings (SSSR count). The van der Waals surface area contributed by atoms with Crippen LogP contribution >= 0.6 is 0 Å². The molecule has 1 N–H and O–H groups in total. The van der Waals surface area contributed by atoms with Crippen molar-refractivity contribution < 1.29 is 5.11 Å². The molecule has 2 aromatic rings. The first-order valence-corrected chi connectivity index (χ1v) is 5.14. The zero-order chi connectivity index (χ0) is 11.2. The molecule has 0 aromatic carbocycles. The first kappa shape index (κ1) is 10.7. The lowest BCUT2D eigenvalue weighted by atomic mass is 10.3. The van der Waals surface area contributed by atoms with E-state index in [-0.39, 0.29) is 6.61 Å². The number of hydrogen-bond donors (Lipinski definition) is 1. The minimum atomic E-state index is 0.175. The largest absolute Gasteiger partial charge is 0.396 e. The molecule has 0 saturated carbocycles. The number of aliphatic hydroxyl groups excluding tert-OH is 1. The third-order valence-electron chi connectivity index (χ3n) is 2.10. The monoisotopic (exact) mass is 219 g/mol. The Bertz CT molecular complexity index is 428. The van der Waals surface area contributed by atoms with Gasteiger partial charge in [0, 0.05) is 25.2 Å². The van der Waals surface area contributed by atoms with Gasteiger partial charge in [0.25, 0.3) is 0 Å². The Kier molecular flexibility index (Phi) is 3.55. The van der Waals surface area contributed by atoms with E-state index in [2.05, 4.69) is 20.3 Å². The van der Waals surface area contributed by atoms with Crippen molar-refractivity contribution in [3.05, 3.63) is 36.2 Å². The molecule has 0 atom stereocenters. The second kappa shape index (κ2) is 5.32. The lowest BCUT2D eigenvalue weighted by Gasteiger charge is -1.97. The highest BCUT2D eigenvalue weighted by atomic mass is 16.2. The Morgan fingerprint density at radius 1 is 1.25 bits per heavy atom. The number of rotatable bonds is 5. The van der Waals surface area contributed by atoms with Gasteiger partial charge in [0.1, 0.15) is 12.4 Å². The second-order valence-electron chi connectivity index (χ2n) is 3.40. The van der Waals surface area contributed by atoms with Gasteiger partial charge in [-0.3, -0.25) is 0 Å². The van der Waals surface area contributed by atoms with Gasteiger partial charge in [0.15, 0.2) is 0 Å². The van der Waals surface area contributed by atoms with Crippen molar-refractivity contribution in [1.29, 1.82) is 0 Å². The van der Waals surface area contributed by atoms with E-state index in [1.165, 1.54) is 0 Å². The number of hydrogen-bond acceptors (Lipinski definition) is 5. The number of aryl methyl sites for hydroxylation is 1. The average Bonchev–Trinajstić information content (AvgIpc) is 2.75. The molecule has 16 heavy (non-hydrogen) atoms. The van der Waals surface area contributed by atoms with Gasteiger partial charge in [-0.15, -0.1) is 5.10 Å². The van der Waals surface area contributed by atoms with Crippen molar-refractivity contribution in [3.63, 3.8) is 0 Å². The highest BCUT2D eigenvalue weighted by Gasteiger charge is 2.02. The van der Waals surface area contributed by atoms with Gasteiger partial charge in [0.2, 0.25) is 0 Å². The van der Waals surface area contributed by atoms with Crippen LogP contribution in [-0.2, 0) is 13.0 Å². The molecule has 0 amide bonds. The minimum absolute atomic E-state index is 0.175. The highest BCUT2D eigenvalue weighted by molar-refractivity contribution is 4.95. The van der Waals surface area contributed by atoms with E-state index in [1.54, 1.807) is 23.1 Å². The molecule has 6 nitrogen and oxygen atoms in total. The molecule has 0 aliphatic rings. The summed E-state index contributed by atoms with van der Waals surface area (Å²) in [5.74, 6) is 0.709. The lowest BCUT2D eigenvalue weighted by molar-refractivity contribution is 0.288. The van der Waals surface area contributed by atoms with E-state index in [9.17, 15) is 0 Å². The summed E-state index contributed by atoms with van der Waals surface area (Å²) in [6, 6.07) is 1.78. The van der Waals surface area contributed by atoms with Crippen LogP contribution in [0.15, 0.2) is 24.7 Å². The topological polar surface area (TPSA) is 76.7 Å². The van der Waals surface area contributed by atoms with Crippen molar-refractivity contribution in [2.75, 3.05) is 6.61 Å². The Hall–Kier alpha value is -1.82. The summed E-state index contributed by atoms with van der Waals surface area (Å²) < 4.78 is 1.70. The van der Waals surface area contributed by atoms with Crippen LogP contribution in [0.4, 0.5) is 0 Å². The predicted octanol–water partition coefficient (Wildman–Crippen LogP) is 0.0413. The SMILES string of the molecule is OCCCc1cn(Cc2ncccn2)nn1. The quantitative estimate of drug-likeness (QED) is 0.768. The summed E-state index contributed by atoms with van der Waals surface area (Å²) in [4.78, 5) is 8.21. The van der Waals surface area contributed by atoms with Crippen molar-refractivity contribution >= 4 is 0 Å². The standard InChI is InChI=1S/C10H13N5O/c16-6-1-3-9-7-15(14-13-9)8-10-11-4-2-5-12-10/h2,4-5,7,16H,1,3,6,8H2. The fourth-order valence-electron chi connectivity index (χ4n) is 1.35. The predicted molar refractivity (Wildman–Crippen MR) is 56.6 cm³/mol.